The number of carbonyl (C=O) groups is 5. The van der Waals surface area contributed by atoms with Crippen LogP contribution < -0.4 is 5.32 Å². The molecule has 0 fully saturated rings. The zero-order valence-corrected chi connectivity index (χ0v) is 26.8. The fraction of sp³-hybridized carbons (Fsp3) is 0.529. The molecule has 0 unspecified atom stereocenters. The highest BCUT2D eigenvalue weighted by molar-refractivity contribution is 5.96. The van der Waals surface area contributed by atoms with Gasteiger partial charge in [0.1, 0.15) is 28.6 Å². The minimum Gasteiger partial charge on any atom is -0.378 e. The average Bonchev–Trinajstić information content (AvgIpc) is 2.99. The largest absolute Gasteiger partial charge is 0.378 e. The van der Waals surface area contributed by atoms with Crippen LogP contribution in [0.25, 0.3) is 11.1 Å². The van der Waals surface area contributed by atoms with E-state index in [0.717, 1.165) is 11.1 Å². The summed E-state index contributed by atoms with van der Waals surface area (Å²) in [6.45, 7) is 10.6. The Labute approximate surface area is 260 Å². The summed E-state index contributed by atoms with van der Waals surface area (Å²) in [6, 6.07) is 10.5. The van der Waals surface area contributed by atoms with Crippen LogP contribution in [0.5, 0.6) is 0 Å². The molecule has 1 aromatic carbocycles. The lowest BCUT2D eigenvalue weighted by atomic mass is 10.0. The predicted octanol–water partition coefficient (Wildman–Crippen LogP) is 4.68. The molecule has 1 aromatic heterocycles. The third-order valence-corrected chi connectivity index (χ3v) is 6.87. The van der Waals surface area contributed by atoms with Gasteiger partial charge in [0.2, 0.25) is 0 Å². The molecule has 240 valence electrons. The maximum Gasteiger partial charge on any atom is 0.251 e. The number of ketones is 4. The first kappa shape index (κ1) is 36.6. The van der Waals surface area contributed by atoms with E-state index in [2.05, 4.69) is 10.3 Å². The summed E-state index contributed by atoms with van der Waals surface area (Å²) in [4.78, 5) is 65.0. The van der Waals surface area contributed by atoms with Crippen LogP contribution in [0.1, 0.15) is 81.7 Å². The zero-order valence-electron chi connectivity index (χ0n) is 26.8. The van der Waals surface area contributed by atoms with Gasteiger partial charge in [-0.3, -0.25) is 29.0 Å². The number of aromatic nitrogens is 1. The first-order valence-electron chi connectivity index (χ1n) is 15.0. The van der Waals surface area contributed by atoms with E-state index in [1.165, 1.54) is 13.8 Å². The van der Waals surface area contributed by atoms with E-state index < -0.39 is 11.4 Å². The Hall–Kier alpha value is -3.60. The van der Waals surface area contributed by atoms with Crippen LogP contribution >= 0.6 is 0 Å². The highest BCUT2D eigenvalue weighted by atomic mass is 16.5. The molecule has 1 amide bonds. The second-order valence-corrected chi connectivity index (χ2v) is 11.7. The van der Waals surface area contributed by atoms with Crippen LogP contribution in [-0.2, 0) is 28.6 Å². The van der Waals surface area contributed by atoms with Crippen LogP contribution in [0.4, 0.5) is 0 Å². The van der Waals surface area contributed by atoms with Crippen LogP contribution in [0.3, 0.4) is 0 Å². The standard InChI is InChI=1S/C34H46N2O8/c1-23(2)31(39)15-18-44-22-34(20-42-16-13-25(5)37,21-43-17-14-26(6)38)36-33(41)28-9-7-27(8-10-28)29-11-12-30(35-19-29)32(40)24(3)4/h7-12,19,23-24H,13-18,20-22H2,1-6H3,(H,36,41). The first-order valence-corrected chi connectivity index (χ1v) is 15.0. The molecule has 0 radical (unpaired) electrons. The van der Waals surface area contributed by atoms with E-state index in [1.54, 1.807) is 36.5 Å². The van der Waals surface area contributed by atoms with Crippen molar-refractivity contribution in [2.45, 2.75) is 66.3 Å². The van der Waals surface area contributed by atoms with E-state index in [4.69, 9.17) is 14.2 Å². The average molecular weight is 611 g/mol. The molecule has 1 heterocycles. The third kappa shape index (κ3) is 12.6. The Morgan fingerprint density at radius 2 is 1.20 bits per heavy atom. The number of carbonyl (C=O) groups excluding carboxylic acids is 5. The number of ether oxygens (including phenoxy) is 3. The number of nitrogens with zero attached hydrogens (tertiary/aromatic N) is 1. The molecule has 44 heavy (non-hydrogen) atoms. The van der Waals surface area contributed by atoms with Crippen molar-refractivity contribution < 1.29 is 38.2 Å². The molecule has 0 atom stereocenters. The highest BCUT2D eigenvalue weighted by Gasteiger charge is 2.34. The number of hydrogen-bond donors (Lipinski definition) is 1. The van der Waals surface area contributed by atoms with Gasteiger partial charge >= 0.3 is 0 Å². The minimum absolute atomic E-state index is 0.0184. The quantitative estimate of drug-likeness (QED) is 0.158. The number of Topliss-reactive ketones (excluding diaryl/α,β-unsaturated/α-hetero) is 4. The van der Waals surface area contributed by atoms with Gasteiger partial charge in [-0.1, -0.05) is 45.9 Å². The molecule has 0 bridgehead atoms. The summed E-state index contributed by atoms with van der Waals surface area (Å²) in [5, 5.41) is 3.01. The predicted molar refractivity (Wildman–Crippen MR) is 167 cm³/mol. The van der Waals surface area contributed by atoms with Crippen molar-refractivity contribution in [3.63, 3.8) is 0 Å². The molecular formula is C34H46N2O8. The second kappa shape index (κ2) is 18.3. The zero-order chi connectivity index (χ0) is 32.7. The van der Waals surface area contributed by atoms with Crippen LogP contribution in [-0.4, -0.2) is 79.2 Å². The number of pyridine rings is 1. The smallest absolute Gasteiger partial charge is 0.251 e. The fourth-order valence-corrected chi connectivity index (χ4v) is 4.06. The molecule has 0 saturated heterocycles. The van der Waals surface area contributed by atoms with Crippen LogP contribution in [0.2, 0.25) is 0 Å². The molecule has 2 rings (SSSR count). The van der Waals surface area contributed by atoms with Gasteiger partial charge in [-0.05, 0) is 37.6 Å². The minimum atomic E-state index is -1.16. The van der Waals surface area contributed by atoms with Crippen molar-refractivity contribution in [2.75, 3.05) is 39.6 Å². The summed E-state index contributed by atoms with van der Waals surface area (Å²) in [6.07, 6.45) is 2.28. The maximum atomic E-state index is 13.5. The first-order chi connectivity index (χ1) is 20.8. The van der Waals surface area contributed by atoms with Crippen molar-refractivity contribution in [3.05, 3.63) is 53.9 Å². The molecule has 2 aromatic rings. The van der Waals surface area contributed by atoms with E-state index in [9.17, 15) is 24.0 Å². The van der Waals surface area contributed by atoms with Crippen LogP contribution in [0.15, 0.2) is 42.6 Å². The van der Waals surface area contributed by atoms with Crippen molar-refractivity contribution in [1.82, 2.24) is 10.3 Å². The number of benzene rings is 1. The molecule has 1 N–H and O–H groups in total. The molecule has 0 saturated carbocycles. The number of rotatable bonds is 21. The van der Waals surface area contributed by atoms with Gasteiger partial charge in [0.15, 0.2) is 5.78 Å². The molecule has 0 spiro atoms. The van der Waals surface area contributed by atoms with Crippen molar-refractivity contribution in [3.8, 4) is 11.1 Å². The van der Waals surface area contributed by atoms with Crippen molar-refractivity contribution in [2.24, 2.45) is 11.8 Å². The number of amides is 1. The van der Waals surface area contributed by atoms with E-state index in [1.807, 2.05) is 33.8 Å². The summed E-state index contributed by atoms with van der Waals surface area (Å²) in [7, 11) is 0. The monoisotopic (exact) mass is 610 g/mol. The Bertz CT molecular complexity index is 1230. The number of hydrogen-bond acceptors (Lipinski definition) is 9. The summed E-state index contributed by atoms with van der Waals surface area (Å²) in [5.41, 5.74) is 1.24. The van der Waals surface area contributed by atoms with Crippen LogP contribution in [0, 0.1) is 11.8 Å². The maximum absolute atomic E-state index is 13.5. The lowest BCUT2D eigenvalue weighted by Gasteiger charge is -2.34. The number of nitrogens with one attached hydrogen (secondary N) is 1. The second-order valence-electron chi connectivity index (χ2n) is 11.7. The lowest BCUT2D eigenvalue weighted by molar-refractivity contribution is -0.123. The van der Waals surface area contributed by atoms with Gasteiger partial charge < -0.3 is 19.5 Å². The summed E-state index contributed by atoms with van der Waals surface area (Å²) < 4.78 is 17.5. The Morgan fingerprint density at radius 3 is 1.64 bits per heavy atom. The normalized spacial score (nSPS) is 11.5. The lowest BCUT2D eigenvalue weighted by Crippen LogP contribution is -2.58. The third-order valence-electron chi connectivity index (χ3n) is 6.87. The molecular weight excluding hydrogens is 564 g/mol. The molecule has 10 heteroatoms. The van der Waals surface area contributed by atoms with E-state index in [-0.39, 0.29) is 93.9 Å². The Kier molecular flexibility index (Phi) is 15.2. The molecule has 0 aliphatic rings. The van der Waals surface area contributed by atoms with Gasteiger partial charge in [-0.15, -0.1) is 0 Å². The van der Waals surface area contributed by atoms with Crippen molar-refractivity contribution in [1.29, 1.82) is 0 Å². The van der Waals surface area contributed by atoms with Gasteiger partial charge in [-0.2, -0.15) is 0 Å². The Balaban J connectivity index is 2.24. The highest BCUT2D eigenvalue weighted by Crippen LogP contribution is 2.21. The van der Waals surface area contributed by atoms with E-state index in [0.29, 0.717) is 11.3 Å². The SMILES string of the molecule is CC(=O)CCOCC(COCCC(C)=O)(COCCC(=O)C(C)C)NC(=O)c1ccc(-c2ccc(C(=O)C(C)C)nc2)cc1. The molecule has 0 aliphatic heterocycles. The van der Waals surface area contributed by atoms with Gasteiger partial charge in [0, 0.05) is 48.4 Å². The molecule has 10 nitrogen and oxygen atoms in total. The summed E-state index contributed by atoms with van der Waals surface area (Å²) >= 11 is 0. The topological polar surface area (TPSA) is 138 Å². The van der Waals surface area contributed by atoms with Gasteiger partial charge in [0.25, 0.3) is 5.91 Å². The van der Waals surface area contributed by atoms with Gasteiger partial charge in [-0.25, -0.2) is 0 Å². The Morgan fingerprint density at radius 1 is 0.705 bits per heavy atom. The van der Waals surface area contributed by atoms with Gasteiger partial charge in [0.05, 0.1) is 39.6 Å². The summed E-state index contributed by atoms with van der Waals surface area (Å²) in [5.74, 6) is -0.698. The van der Waals surface area contributed by atoms with E-state index >= 15 is 0 Å². The molecule has 0 aliphatic carbocycles. The van der Waals surface area contributed by atoms with Crippen molar-refractivity contribution >= 4 is 29.0 Å². The fourth-order valence-electron chi connectivity index (χ4n) is 4.06.